The molecule has 1 aliphatic rings. The van der Waals surface area contributed by atoms with Crippen molar-refractivity contribution in [2.24, 2.45) is 0 Å². The van der Waals surface area contributed by atoms with Gasteiger partial charge in [0.05, 0.1) is 12.2 Å². The largest absolute Gasteiger partial charge is 0.339 e. The first-order chi connectivity index (χ1) is 9.58. The van der Waals surface area contributed by atoms with E-state index in [2.05, 4.69) is 29.2 Å². The van der Waals surface area contributed by atoms with E-state index in [-0.39, 0.29) is 18.3 Å². The summed E-state index contributed by atoms with van der Waals surface area (Å²) in [4.78, 5) is 16.2. The molecule has 0 atom stereocenters. The van der Waals surface area contributed by atoms with Gasteiger partial charge in [0, 0.05) is 45.0 Å². The maximum atomic E-state index is 12.2. The van der Waals surface area contributed by atoms with E-state index in [0.29, 0.717) is 12.6 Å². The molecule has 0 bridgehead atoms. The predicted molar refractivity (Wildman–Crippen MR) is 85.6 cm³/mol. The lowest BCUT2D eigenvalue weighted by molar-refractivity contribution is -0.132. The van der Waals surface area contributed by atoms with Crippen LogP contribution in [0.4, 0.5) is 0 Å². The van der Waals surface area contributed by atoms with Crippen LogP contribution in [0.3, 0.4) is 0 Å². The van der Waals surface area contributed by atoms with Crippen molar-refractivity contribution in [2.45, 2.75) is 26.4 Å². The first-order valence-electron chi connectivity index (χ1n) is 7.27. The highest BCUT2D eigenvalue weighted by Crippen LogP contribution is 2.10. The second-order valence-electron chi connectivity index (χ2n) is 5.66. The lowest BCUT2D eigenvalue weighted by Crippen LogP contribution is -2.49. The van der Waals surface area contributed by atoms with Crippen molar-refractivity contribution in [1.82, 2.24) is 24.9 Å². The minimum atomic E-state index is 0. The first kappa shape index (κ1) is 17.9. The minimum Gasteiger partial charge on any atom is -0.339 e. The summed E-state index contributed by atoms with van der Waals surface area (Å²) in [6, 6.07) is 2.36. The van der Waals surface area contributed by atoms with Crippen LogP contribution in [0.5, 0.6) is 0 Å². The number of piperazine rings is 1. The highest BCUT2D eigenvalue weighted by molar-refractivity contribution is 5.85. The molecule has 1 saturated heterocycles. The van der Waals surface area contributed by atoms with Crippen LogP contribution in [0.1, 0.15) is 25.6 Å². The summed E-state index contributed by atoms with van der Waals surface area (Å²) < 4.78 is 2.01. The molecule has 7 heteroatoms. The Hall–Kier alpha value is -1.11. The van der Waals surface area contributed by atoms with Gasteiger partial charge in [-0.15, -0.1) is 12.4 Å². The molecule has 2 rings (SSSR count). The number of nitrogens with one attached hydrogen (secondary N) is 1. The second kappa shape index (κ2) is 8.36. The van der Waals surface area contributed by atoms with Crippen LogP contribution >= 0.6 is 12.4 Å². The summed E-state index contributed by atoms with van der Waals surface area (Å²) in [6.07, 6.45) is 1.82. The van der Waals surface area contributed by atoms with Crippen LogP contribution < -0.4 is 5.32 Å². The summed E-state index contributed by atoms with van der Waals surface area (Å²) >= 11 is 0. The Morgan fingerprint density at radius 3 is 2.71 bits per heavy atom. The number of rotatable bonds is 5. The van der Waals surface area contributed by atoms with Gasteiger partial charge in [-0.3, -0.25) is 14.4 Å². The number of aromatic nitrogens is 2. The SMILES string of the molecule is CC(C)n1nccc1CN(C)CC(=O)N1CCNCC1.Cl. The molecule has 0 saturated carbocycles. The van der Waals surface area contributed by atoms with Gasteiger partial charge in [0.25, 0.3) is 0 Å². The molecule has 0 aliphatic carbocycles. The molecule has 1 fully saturated rings. The maximum absolute atomic E-state index is 12.2. The van der Waals surface area contributed by atoms with Gasteiger partial charge >= 0.3 is 0 Å². The predicted octanol–water partition coefficient (Wildman–Crippen LogP) is 0.749. The Balaban J connectivity index is 0.00000220. The Kier molecular flexibility index (Phi) is 7.14. The number of hydrogen-bond donors (Lipinski definition) is 1. The van der Waals surface area contributed by atoms with Crippen molar-refractivity contribution < 1.29 is 4.79 Å². The van der Waals surface area contributed by atoms with Gasteiger partial charge in [0.15, 0.2) is 0 Å². The number of nitrogens with zero attached hydrogens (tertiary/aromatic N) is 4. The zero-order chi connectivity index (χ0) is 14.5. The summed E-state index contributed by atoms with van der Waals surface area (Å²) in [6.45, 7) is 8.86. The maximum Gasteiger partial charge on any atom is 0.236 e. The standard InChI is InChI=1S/C14H25N5O.ClH/c1-12(2)19-13(4-5-16-19)10-17(3)11-14(20)18-8-6-15-7-9-18;/h4-5,12,15H,6-11H2,1-3H3;1H. The van der Waals surface area contributed by atoms with Crippen molar-refractivity contribution in [2.75, 3.05) is 39.8 Å². The number of likely N-dealkylation sites (N-methyl/N-ethyl adjacent to an activating group) is 1. The van der Waals surface area contributed by atoms with Crippen molar-refractivity contribution in [3.63, 3.8) is 0 Å². The van der Waals surface area contributed by atoms with Crippen LogP contribution in [0.25, 0.3) is 0 Å². The Labute approximate surface area is 132 Å². The summed E-state index contributed by atoms with van der Waals surface area (Å²) in [7, 11) is 1.98. The van der Waals surface area contributed by atoms with Gasteiger partial charge in [0.1, 0.15) is 0 Å². The Morgan fingerprint density at radius 1 is 1.43 bits per heavy atom. The molecule has 1 amide bonds. The minimum absolute atomic E-state index is 0. The zero-order valence-electron chi connectivity index (χ0n) is 13.1. The second-order valence-corrected chi connectivity index (χ2v) is 5.66. The summed E-state index contributed by atoms with van der Waals surface area (Å²) in [5, 5.41) is 7.58. The van der Waals surface area contributed by atoms with E-state index in [1.54, 1.807) is 0 Å². The number of halogens is 1. The Bertz CT molecular complexity index is 442. The summed E-state index contributed by atoms with van der Waals surface area (Å²) in [5.41, 5.74) is 1.15. The van der Waals surface area contributed by atoms with Crippen LogP contribution in [-0.4, -0.2) is 65.3 Å². The topological polar surface area (TPSA) is 53.4 Å². The molecule has 0 spiro atoms. The van der Waals surface area contributed by atoms with Crippen molar-refractivity contribution >= 4 is 18.3 Å². The van der Waals surface area contributed by atoms with Crippen LogP contribution in [0.15, 0.2) is 12.3 Å². The highest BCUT2D eigenvalue weighted by Gasteiger charge is 2.18. The van der Waals surface area contributed by atoms with Gasteiger partial charge in [-0.05, 0) is 27.0 Å². The highest BCUT2D eigenvalue weighted by atomic mass is 35.5. The van der Waals surface area contributed by atoms with E-state index < -0.39 is 0 Å². The van der Waals surface area contributed by atoms with E-state index in [0.717, 1.165) is 38.4 Å². The third-order valence-electron chi connectivity index (χ3n) is 3.55. The molecule has 120 valence electrons. The monoisotopic (exact) mass is 315 g/mol. The fraction of sp³-hybridized carbons (Fsp3) is 0.714. The average molecular weight is 316 g/mol. The zero-order valence-corrected chi connectivity index (χ0v) is 13.9. The molecule has 6 nitrogen and oxygen atoms in total. The number of carbonyl (C=O) groups is 1. The van der Waals surface area contributed by atoms with E-state index >= 15 is 0 Å². The third-order valence-corrected chi connectivity index (χ3v) is 3.55. The third kappa shape index (κ3) is 4.98. The van der Waals surface area contributed by atoms with Gasteiger partial charge in [-0.2, -0.15) is 5.10 Å². The first-order valence-corrected chi connectivity index (χ1v) is 7.27. The molecule has 1 aromatic heterocycles. The molecule has 2 heterocycles. The average Bonchev–Trinajstić information content (AvgIpc) is 2.87. The molecular formula is C14H26ClN5O. The fourth-order valence-corrected chi connectivity index (χ4v) is 2.51. The molecular weight excluding hydrogens is 290 g/mol. The van der Waals surface area contributed by atoms with Gasteiger partial charge < -0.3 is 10.2 Å². The lowest BCUT2D eigenvalue weighted by atomic mass is 10.3. The van der Waals surface area contributed by atoms with E-state index in [4.69, 9.17) is 0 Å². The molecule has 0 radical (unpaired) electrons. The molecule has 0 aromatic carbocycles. The van der Waals surface area contributed by atoms with Gasteiger partial charge in [-0.25, -0.2) is 0 Å². The van der Waals surface area contributed by atoms with Gasteiger partial charge in [0.2, 0.25) is 5.91 Å². The summed E-state index contributed by atoms with van der Waals surface area (Å²) in [5.74, 6) is 0.213. The van der Waals surface area contributed by atoms with Gasteiger partial charge in [-0.1, -0.05) is 0 Å². The van der Waals surface area contributed by atoms with E-state index in [1.807, 2.05) is 28.9 Å². The fourth-order valence-electron chi connectivity index (χ4n) is 2.51. The number of amides is 1. The quantitative estimate of drug-likeness (QED) is 0.871. The van der Waals surface area contributed by atoms with E-state index in [9.17, 15) is 4.79 Å². The Morgan fingerprint density at radius 2 is 2.10 bits per heavy atom. The number of hydrogen-bond acceptors (Lipinski definition) is 4. The smallest absolute Gasteiger partial charge is 0.236 e. The number of carbonyl (C=O) groups excluding carboxylic acids is 1. The van der Waals surface area contributed by atoms with Crippen LogP contribution in [-0.2, 0) is 11.3 Å². The van der Waals surface area contributed by atoms with Crippen molar-refractivity contribution in [3.05, 3.63) is 18.0 Å². The van der Waals surface area contributed by atoms with Crippen molar-refractivity contribution in [3.8, 4) is 0 Å². The molecule has 1 aromatic rings. The van der Waals surface area contributed by atoms with Crippen LogP contribution in [0, 0.1) is 0 Å². The van der Waals surface area contributed by atoms with Crippen molar-refractivity contribution in [1.29, 1.82) is 0 Å². The normalized spacial score (nSPS) is 15.4. The van der Waals surface area contributed by atoms with E-state index in [1.165, 1.54) is 0 Å². The lowest BCUT2D eigenvalue weighted by Gasteiger charge is -2.29. The molecule has 1 aliphatic heterocycles. The van der Waals surface area contributed by atoms with Crippen LogP contribution in [0.2, 0.25) is 0 Å². The molecule has 1 N–H and O–H groups in total. The molecule has 0 unspecified atom stereocenters. The molecule has 21 heavy (non-hydrogen) atoms.